The van der Waals surface area contributed by atoms with E-state index < -0.39 is 10.0 Å². The first-order chi connectivity index (χ1) is 17.8. The zero-order chi connectivity index (χ0) is 26.4. The number of anilines is 4. The topological polar surface area (TPSA) is 166 Å². The number of carbonyl (C=O) groups is 1. The zero-order valence-electron chi connectivity index (χ0n) is 19.9. The quantitative estimate of drug-likeness (QED) is 0.184. The first-order valence-corrected chi connectivity index (χ1v) is 12.8. The van der Waals surface area contributed by atoms with Gasteiger partial charge in [-0.05, 0) is 61.5 Å². The summed E-state index contributed by atoms with van der Waals surface area (Å²) in [6.07, 6.45) is 0.307. The zero-order valence-corrected chi connectivity index (χ0v) is 20.7. The van der Waals surface area contributed by atoms with E-state index in [1.165, 1.54) is 36.4 Å². The second kappa shape index (κ2) is 11.2. The van der Waals surface area contributed by atoms with Gasteiger partial charge in [-0.3, -0.25) is 9.52 Å². The summed E-state index contributed by atoms with van der Waals surface area (Å²) < 4.78 is 28.9. The number of sulfonamides is 1. The number of rotatable bonds is 10. The Bertz CT molecular complexity index is 1530. The van der Waals surface area contributed by atoms with Crippen molar-refractivity contribution in [1.82, 2.24) is 15.3 Å². The smallest absolute Gasteiger partial charge is 0.263 e. The second-order valence-electron chi connectivity index (χ2n) is 8.06. The number of hydrogen-bond donors (Lipinski definition) is 6. The average molecular weight is 523 g/mol. The molecule has 192 valence electrons. The minimum atomic E-state index is -4.09. The maximum absolute atomic E-state index is 13.2. The standard InChI is InChI=1S/C25H26N6O5S/c1-26-15-23(34)27-17-7-10-19(11-8-17)37(35,36)31-25-24(28-20-4-2-3-5-21(20)29-25)30-22-14-18(33)9-6-16(22)12-13-32/h2-11,14,26,32-33H,12-13,15H2,1H3,(H,27,34)(H,28,30)(H,29,31). The van der Waals surface area contributed by atoms with E-state index in [0.717, 1.165) is 0 Å². The van der Waals surface area contributed by atoms with Crippen molar-refractivity contribution in [2.24, 2.45) is 0 Å². The molecule has 4 rings (SSSR count). The summed E-state index contributed by atoms with van der Waals surface area (Å²) in [7, 11) is -2.44. The summed E-state index contributed by atoms with van der Waals surface area (Å²) in [5.74, 6) is -0.209. The number of nitrogens with one attached hydrogen (secondary N) is 4. The molecule has 1 aromatic heterocycles. The molecular formula is C25H26N6O5S. The number of phenolic OH excluding ortho intramolecular Hbond substituents is 1. The molecule has 0 atom stereocenters. The largest absolute Gasteiger partial charge is 0.508 e. The fourth-order valence-electron chi connectivity index (χ4n) is 3.57. The van der Waals surface area contributed by atoms with Crippen LogP contribution in [0.15, 0.2) is 71.6 Å². The van der Waals surface area contributed by atoms with E-state index in [9.17, 15) is 23.4 Å². The number of aliphatic hydroxyl groups excluding tert-OH is 1. The Labute approximate surface area is 213 Å². The van der Waals surface area contributed by atoms with Crippen molar-refractivity contribution < 1.29 is 23.4 Å². The fourth-order valence-corrected chi connectivity index (χ4v) is 4.58. The molecule has 0 fully saturated rings. The number of fused-ring (bicyclic) bond motifs is 1. The van der Waals surface area contributed by atoms with Crippen molar-refractivity contribution in [1.29, 1.82) is 0 Å². The summed E-state index contributed by atoms with van der Waals surface area (Å²) in [6.45, 7) is 0.00493. The molecule has 1 heterocycles. The van der Waals surface area contributed by atoms with Crippen LogP contribution in [0.4, 0.5) is 23.0 Å². The summed E-state index contributed by atoms with van der Waals surface area (Å²) >= 11 is 0. The van der Waals surface area contributed by atoms with Gasteiger partial charge in [0.05, 0.1) is 22.5 Å². The Morgan fingerprint density at radius 2 is 1.62 bits per heavy atom. The maximum Gasteiger partial charge on any atom is 0.263 e. The molecule has 0 bridgehead atoms. The lowest BCUT2D eigenvalue weighted by Gasteiger charge is -2.16. The molecule has 0 aliphatic heterocycles. The van der Waals surface area contributed by atoms with Crippen LogP contribution in [0.5, 0.6) is 5.75 Å². The highest BCUT2D eigenvalue weighted by molar-refractivity contribution is 7.92. The van der Waals surface area contributed by atoms with Crippen LogP contribution < -0.4 is 20.7 Å². The molecule has 11 nitrogen and oxygen atoms in total. The van der Waals surface area contributed by atoms with E-state index in [4.69, 9.17) is 0 Å². The van der Waals surface area contributed by atoms with Gasteiger partial charge in [-0.1, -0.05) is 18.2 Å². The second-order valence-corrected chi connectivity index (χ2v) is 9.74. The summed E-state index contributed by atoms with van der Waals surface area (Å²) in [5, 5.41) is 27.8. The summed E-state index contributed by atoms with van der Waals surface area (Å²) in [6, 6.07) is 17.3. The van der Waals surface area contributed by atoms with Gasteiger partial charge in [0.25, 0.3) is 10.0 Å². The predicted molar refractivity (Wildman–Crippen MR) is 142 cm³/mol. The molecule has 6 N–H and O–H groups in total. The number of benzene rings is 3. The van der Waals surface area contributed by atoms with E-state index >= 15 is 0 Å². The Balaban J connectivity index is 1.68. The molecular weight excluding hydrogens is 496 g/mol. The number of hydrogen-bond acceptors (Lipinski definition) is 9. The van der Waals surface area contributed by atoms with Crippen LogP contribution in [-0.4, -0.2) is 54.7 Å². The number of amides is 1. The predicted octanol–water partition coefficient (Wildman–Crippen LogP) is 2.57. The minimum Gasteiger partial charge on any atom is -0.508 e. The van der Waals surface area contributed by atoms with Gasteiger partial charge in [-0.15, -0.1) is 0 Å². The van der Waals surface area contributed by atoms with Crippen molar-refractivity contribution in [2.75, 3.05) is 35.6 Å². The molecule has 3 aromatic carbocycles. The van der Waals surface area contributed by atoms with Gasteiger partial charge in [0.2, 0.25) is 5.91 Å². The Kier molecular flexibility index (Phi) is 7.82. The SMILES string of the molecule is CNCC(=O)Nc1ccc(S(=O)(=O)Nc2nc3ccccc3nc2Nc2cc(O)ccc2CCO)cc1. The third kappa shape index (κ3) is 6.30. The number of carbonyl (C=O) groups excluding carboxylic acids is 1. The summed E-state index contributed by atoms with van der Waals surface area (Å²) in [5.41, 5.74) is 2.59. The van der Waals surface area contributed by atoms with Gasteiger partial charge in [0.15, 0.2) is 11.6 Å². The van der Waals surface area contributed by atoms with Crippen LogP contribution in [0.2, 0.25) is 0 Å². The van der Waals surface area contributed by atoms with Gasteiger partial charge in [-0.25, -0.2) is 18.4 Å². The van der Waals surface area contributed by atoms with Crippen molar-refractivity contribution >= 4 is 50.0 Å². The van der Waals surface area contributed by atoms with Crippen molar-refractivity contribution in [3.8, 4) is 5.75 Å². The molecule has 0 aliphatic rings. The van der Waals surface area contributed by atoms with E-state index in [0.29, 0.717) is 34.4 Å². The number of likely N-dealkylation sites (N-methyl/N-ethyl adjacent to an activating group) is 1. The third-order valence-electron chi connectivity index (χ3n) is 5.31. The molecule has 12 heteroatoms. The number of aromatic hydroxyl groups is 1. The van der Waals surface area contributed by atoms with E-state index in [2.05, 4.69) is 30.6 Å². The van der Waals surface area contributed by atoms with Crippen molar-refractivity contribution in [3.63, 3.8) is 0 Å². The van der Waals surface area contributed by atoms with Crippen LogP contribution in [0.1, 0.15) is 5.56 Å². The maximum atomic E-state index is 13.2. The highest BCUT2D eigenvalue weighted by Crippen LogP contribution is 2.30. The normalized spacial score (nSPS) is 11.3. The summed E-state index contributed by atoms with van der Waals surface area (Å²) in [4.78, 5) is 20.7. The minimum absolute atomic E-state index is 0.0121. The van der Waals surface area contributed by atoms with Gasteiger partial charge in [0, 0.05) is 24.0 Å². The Morgan fingerprint density at radius 1 is 0.946 bits per heavy atom. The Hall–Kier alpha value is -4.26. The molecule has 0 unspecified atom stereocenters. The number of aliphatic hydroxyl groups is 1. The van der Waals surface area contributed by atoms with Crippen molar-refractivity contribution in [3.05, 3.63) is 72.3 Å². The van der Waals surface area contributed by atoms with E-state index in [1.54, 1.807) is 37.4 Å². The molecule has 37 heavy (non-hydrogen) atoms. The monoisotopic (exact) mass is 522 g/mol. The highest BCUT2D eigenvalue weighted by Gasteiger charge is 2.20. The molecule has 0 spiro atoms. The number of nitrogens with zero attached hydrogens (tertiary/aromatic N) is 2. The number of para-hydroxylation sites is 2. The molecule has 4 aromatic rings. The van der Waals surface area contributed by atoms with Crippen LogP contribution >= 0.6 is 0 Å². The van der Waals surface area contributed by atoms with Crippen LogP contribution in [0.25, 0.3) is 11.0 Å². The van der Waals surface area contributed by atoms with Crippen molar-refractivity contribution in [2.45, 2.75) is 11.3 Å². The lowest BCUT2D eigenvalue weighted by Crippen LogP contribution is -2.25. The van der Waals surface area contributed by atoms with Crippen LogP contribution in [-0.2, 0) is 21.2 Å². The van der Waals surface area contributed by atoms with Crippen LogP contribution in [0.3, 0.4) is 0 Å². The number of phenols is 1. The molecule has 0 saturated carbocycles. The number of aromatic nitrogens is 2. The van der Waals surface area contributed by atoms with E-state index in [1.807, 2.05) is 0 Å². The third-order valence-corrected chi connectivity index (χ3v) is 6.67. The van der Waals surface area contributed by atoms with Crippen LogP contribution in [0, 0.1) is 0 Å². The molecule has 0 radical (unpaired) electrons. The molecule has 0 saturated heterocycles. The average Bonchev–Trinajstić information content (AvgIpc) is 2.86. The Morgan fingerprint density at radius 3 is 2.27 bits per heavy atom. The first-order valence-electron chi connectivity index (χ1n) is 11.3. The van der Waals surface area contributed by atoms with Gasteiger partial charge in [0.1, 0.15) is 5.75 Å². The van der Waals surface area contributed by atoms with Gasteiger partial charge >= 0.3 is 0 Å². The molecule has 0 aliphatic carbocycles. The lowest BCUT2D eigenvalue weighted by atomic mass is 10.1. The fraction of sp³-hybridized carbons (Fsp3) is 0.160. The highest BCUT2D eigenvalue weighted by atomic mass is 32.2. The van der Waals surface area contributed by atoms with E-state index in [-0.39, 0.29) is 41.3 Å². The lowest BCUT2D eigenvalue weighted by molar-refractivity contribution is -0.115. The van der Waals surface area contributed by atoms with Gasteiger partial charge < -0.3 is 26.2 Å². The molecule has 1 amide bonds. The first kappa shape index (κ1) is 25.8. The van der Waals surface area contributed by atoms with Gasteiger partial charge in [-0.2, -0.15) is 0 Å².